The van der Waals surface area contributed by atoms with Gasteiger partial charge in [0.2, 0.25) is 0 Å². The number of ether oxygens (including phenoxy) is 1. The molecule has 1 aromatic heterocycles. The van der Waals surface area contributed by atoms with Gasteiger partial charge in [0.15, 0.2) is 0 Å². The Morgan fingerprint density at radius 2 is 1.90 bits per heavy atom. The minimum atomic E-state index is -0.633. The zero-order chi connectivity index (χ0) is 15.6. The van der Waals surface area contributed by atoms with E-state index in [4.69, 9.17) is 11.2 Å². The SMILES string of the molecule is C#Cc1cc(C(=O)N2CCCC2)n(C(=O)OC(C)(C)C)c1. The van der Waals surface area contributed by atoms with Crippen molar-refractivity contribution in [3.63, 3.8) is 0 Å². The average Bonchev–Trinajstić information content (AvgIpc) is 3.05. The third-order valence-electron chi connectivity index (χ3n) is 3.19. The lowest BCUT2D eigenvalue weighted by Gasteiger charge is -2.21. The molecule has 112 valence electrons. The number of aromatic nitrogens is 1. The minimum absolute atomic E-state index is 0.181. The highest BCUT2D eigenvalue weighted by molar-refractivity contribution is 5.96. The summed E-state index contributed by atoms with van der Waals surface area (Å²) in [6.45, 7) is 6.75. The maximum absolute atomic E-state index is 12.5. The Bertz CT molecular complexity index is 596. The van der Waals surface area contributed by atoms with Gasteiger partial charge in [-0.1, -0.05) is 5.92 Å². The van der Waals surface area contributed by atoms with Gasteiger partial charge in [0.05, 0.1) is 0 Å². The maximum Gasteiger partial charge on any atom is 0.419 e. The van der Waals surface area contributed by atoms with E-state index in [1.165, 1.54) is 10.8 Å². The Hall–Kier alpha value is -2.22. The number of hydrogen-bond acceptors (Lipinski definition) is 3. The summed E-state index contributed by atoms with van der Waals surface area (Å²) >= 11 is 0. The molecule has 0 radical (unpaired) electrons. The van der Waals surface area contributed by atoms with Gasteiger partial charge in [0, 0.05) is 24.8 Å². The van der Waals surface area contributed by atoms with Crippen LogP contribution in [0.25, 0.3) is 0 Å². The van der Waals surface area contributed by atoms with E-state index in [9.17, 15) is 9.59 Å². The summed E-state index contributed by atoms with van der Waals surface area (Å²) < 4.78 is 6.53. The molecule has 2 heterocycles. The van der Waals surface area contributed by atoms with Gasteiger partial charge in [-0.05, 0) is 39.7 Å². The number of amides is 1. The molecule has 0 aliphatic carbocycles. The van der Waals surface area contributed by atoms with E-state index >= 15 is 0 Å². The third-order valence-corrected chi connectivity index (χ3v) is 3.19. The average molecular weight is 288 g/mol. The molecule has 2 rings (SSSR count). The summed E-state index contributed by atoms with van der Waals surface area (Å²) in [7, 11) is 0. The van der Waals surface area contributed by atoms with Crippen LogP contribution in [-0.2, 0) is 4.74 Å². The first kappa shape index (κ1) is 15.2. The van der Waals surface area contributed by atoms with Crippen molar-refractivity contribution in [2.75, 3.05) is 13.1 Å². The summed E-state index contributed by atoms with van der Waals surface area (Å²) in [5, 5.41) is 0. The molecule has 0 N–H and O–H groups in total. The first-order valence-corrected chi connectivity index (χ1v) is 7.03. The Kier molecular flexibility index (Phi) is 4.08. The highest BCUT2D eigenvalue weighted by Gasteiger charge is 2.27. The molecular weight excluding hydrogens is 268 g/mol. The zero-order valence-corrected chi connectivity index (χ0v) is 12.7. The monoisotopic (exact) mass is 288 g/mol. The van der Waals surface area contributed by atoms with Crippen molar-refractivity contribution >= 4 is 12.0 Å². The number of rotatable bonds is 1. The van der Waals surface area contributed by atoms with Crippen LogP contribution in [0, 0.1) is 12.3 Å². The van der Waals surface area contributed by atoms with Crippen molar-refractivity contribution in [2.45, 2.75) is 39.2 Å². The van der Waals surface area contributed by atoms with Gasteiger partial charge in [-0.2, -0.15) is 0 Å². The highest BCUT2D eigenvalue weighted by atomic mass is 16.6. The summed E-state index contributed by atoms with van der Waals surface area (Å²) in [6.07, 6.45) is 8.23. The van der Waals surface area contributed by atoms with Crippen LogP contribution in [0.15, 0.2) is 12.3 Å². The molecule has 5 nitrogen and oxygen atoms in total. The first-order valence-electron chi connectivity index (χ1n) is 7.03. The Morgan fingerprint density at radius 3 is 2.43 bits per heavy atom. The fraction of sp³-hybridized carbons (Fsp3) is 0.500. The standard InChI is InChI=1S/C16H20N2O3/c1-5-12-10-13(14(19)17-8-6-7-9-17)18(11-12)15(20)21-16(2,3)4/h1,10-11H,6-9H2,2-4H3. The summed E-state index contributed by atoms with van der Waals surface area (Å²) in [5.74, 6) is 2.27. The normalized spacial score (nSPS) is 14.9. The number of likely N-dealkylation sites (tertiary alicyclic amines) is 1. The van der Waals surface area contributed by atoms with Gasteiger partial charge >= 0.3 is 6.09 Å². The van der Waals surface area contributed by atoms with Gasteiger partial charge in [-0.3, -0.25) is 4.79 Å². The van der Waals surface area contributed by atoms with Crippen LogP contribution in [0.5, 0.6) is 0 Å². The van der Waals surface area contributed by atoms with E-state index in [-0.39, 0.29) is 11.6 Å². The van der Waals surface area contributed by atoms with Crippen molar-refractivity contribution in [1.29, 1.82) is 0 Å². The molecular formula is C16H20N2O3. The predicted molar refractivity (Wildman–Crippen MR) is 79.1 cm³/mol. The molecule has 0 aromatic carbocycles. The Morgan fingerprint density at radius 1 is 1.29 bits per heavy atom. The first-order chi connectivity index (χ1) is 9.81. The molecule has 0 saturated carbocycles. The Balaban J connectivity index is 2.32. The van der Waals surface area contributed by atoms with Crippen LogP contribution in [0.1, 0.15) is 49.7 Å². The summed E-state index contributed by atoms with van der Waals surface area (Å²) in [5.41, 5.74) is 0.119. The fourth-order valence-corrected chi connectivity index (χ4v) is 2.25. The van der Waals surface area contributed by atoms with Crippen LogP contribution in [0.3, 0.4) is 0 Å². The van der Waals surface area contributed by atoms with Gasteiger partial charge in [-0.15, -0.1) is 6.42 Å². The lowest BCUT2D eigenvalue weighted by atomic mass is 10.2. The van der Waals surface area contributed by atoms with E-state index in [0.717, 1.165) is 12.8 Å². The van der Waals surface area contributed by atoms with Crippen molar-refractivity contribution < 1.29 is 14.3 Å². The number of nitrogens with zero attached hydrogens (tertiary/aromatic N) is 2. The minimum Gasteiger partial charge on any atom is -0.443 e. The van der Waals surface area contributed by atoms with Crippen LogP contribution < -0.4 is 0 Å². The number of carbonyl (C=O) groups is 2. The predicted octanol–water partition coefficient (Wildman–Crippen LogP) is 2.49. The molecule has 1 fully saturated rings. The van der Waals surface area contributed by atoms with Crippen LogP contribution >= 0.6 is 0 Å². The van der Waals surface area contributed by atoms with E-state index in [1.54, 1.807) is 31.7 Å². The molecule has 0 atom stereocenters. The van der Waals surface area contributed by atoms with Gasteiger partial charge in [-0.25, -0.2) is 9.36 Å². The fourth-order valence-electron chi connectivity index (χ4n) is 2.25. The molecule has 21 heavy (non-hydrogen) atoms. The van der Waals surface area contributed by atoms with Crippen molar-refractivity contribution in [2.24, 2.45) is 0 Å². The van der Waals surface area contributed by atoms with Crippen LogP contribution in [0.4, 0.5) is 4.79 Å². The van der Waals surface area contributed by atoms with E-state index in [1.807, 2.05) is 0 Å². The third kappa shape index (κ3) is 3.46. The summed E-state index contributed by atoms with van der Waals surface area (Å²) in [4.78, 5) is 26.5. The van der Waals surface area contributed by atoms with Gasteiger partial charge in [0.1, 0.15) is 11.3 Å². The molecule has 5 heteroatoms. The van der Waals surface area contributed by atoms with Crippen LogP contribution in [-0.4, -0.2) is 40.2 Å². The number of carbonyl (C=O) groups excluding carboxylic acids is 2. The second kappa shape index (κ2) is 5.65. The molecule has 1 aromatic rings. The van der Waals surface area contributed by atoms with Gasteiger partial charge < -0.3 is 9.64 Å². The molecule has 1 saturated heterocycles. The van der Waals surface area contributed by atoms with Crippen molar-refractivity contribution in [3.8, 4) is 12.3 Å². The molecule has 0 bridgehead atoms. The maximum atomic E-state index is 12.5. The largest absolute Gasteiger partial charge is 0.443 e. The number of terminal acetylenes is 1. The molecule has 0 spiro atoms. The van der Waals surface area contributed by atoms with Gasteiger partial charge in [0.25, 0.3) is 5.91 Å². The summed E-state index contributed by atoms with van der Waals surface area (Å²) in [6, 6.07) is 1.56. The number of hydrogen-bond donors (Lipinski definition) is 0. The quantitative estimate of drug-likeness (QED) is 0.746. The van der Waals surface area contributed by atoms with E-state index in [2.05, 4.69) is 5.92 Å². The van der Waals surface area contributed by atoms with E-state index < -0.39 is 11.7 Å². The zero-order valence-electron chi connectivity index (χ0n) is 12.7. The second-order valence-corrected chi connectivity index (χ2v) is 6.11. The topological polar surface area (TPSA) is 51.5 Å². The lowest BCUT2D eigenvalue weighted by Crippen LogP contribution is -2.33. The lowest BCUT2D eigenvalue weighted by molar-refractivity contribution is 0.0518. The smallest absolute Gasteiger partial charge is 0.419 e. The molecule has 1 aliphatic heterocycles. The molecule has 1 aliphatic rings. The van der Waals surface area contributed by atoms with Crippen molar-refractivity contribution in [1.82, 2.24) is 9.47 Å². The second-order valence-electron chi connectivity index (χ2n) is 6.11. The highest BCUT2D eigenvalue weighted by Crippen LogP contribution is 2.17. The van der Waals surface area contributed by atoms with E-state index in [0.29, 0.717) is 18.7 Å². The van der Waals surface area contributed by atoms with Crippen LogP contribution in [0.2, 0.25) is 0 Å². The van der Waals surface area contributed by atoms with Crippen molar-refractivity contribution in [3.05, 3.63) is 23.5 Å². The molecule has 0 unspecified atom stereocenters. The Labute approximate surface area is 124 Å². The molecule has 1 amide bonds.